The highest BCUT2D eigenvalue weighted by atomic mass is 16.2. The molecule has 1 N–H and O–H groups in total. The monoisotopic (exact) mass is 254 g/mol. The molecule has 0 aromatic heterocycles. The Morgan fingerprint density at radius 2 is 1.72 bits per heavy atom. The van der Waals surface area contributed by atoms with Gasteiger partial charge in [0, 0.05) is 6.04 Å². The van der Waals surface area contributed by atoms with Gasteiger partial charge in [-0.15, -0.1) is 0 Å². The maximum Gasteiger partial charge on any atom is 0.249 e. The topological polar surface area (TPSA) is 49.4 Å². The van der Waals surface area contributed by atoms with E-state index in [-0.39, 0.29) is 23.9 Å². The van der Waals surface area contributed by atoms with Gasteiger partial charge in [0.1, 0.15) is 11.6 Å². The van der Waals surface area contributed by atoms with Crippen LogP contribution in [0.1, 0.15) is 54.4 Å². The summed E-state index contributed by atoms with van der Waals surface area (Å²) in [7, 11) is 0. The van der Waals surface area contributed by atoms with Crippen molar-refractivity contribution in [2.24, 2.45) is 5.92 Å². The number of nitrogens with one attached hydrogen (secondary N) is 1. The molecule has 4 nitrogen and oxygen atoms in total. The van der Waals surface area contributed by atoms with Gasteiger partial charge in [0.05, 0.1) is 0 Å². The molecule has 1 heterocycles. The quantitative estimate of drug-likeness (QED) is 0.833. The Hall–Kier alpha value is -1.06. The normalized spacial score (nSPS) is 25.3. The second-order valence-electron chi connectivity index (χ2n) is 5.65. The van der Waals surface area contributed by atoms with Gasteiger partial charge in [0.15, 0.2) is 0 Å². The van der Waals surface area contributed by atoms with Crippen molar-refractivity contribution in [3.8, 4) is 0 Å². The molecular formula is C14H26N2O2. The van der Waals surface area contributed by atoms with Crippen molar-refractivity contribution in [3.05, 3.63) is 0 Å². The summed E-state index contributed by atoms with van der Waals surface area (Å²) in [6, 6.07) is -0.294. The predicted molar refractivity (Wildman–Crippen MR) is 72.1 cm³/mol. The lowest BCUT2D eigenvalue weighted by molar-refractivity contribution is -0.158. The van der Waals surface area contributed by atoms with E-state index in [1.165, 1.54) is 0 Å². The minimum atomic E-state index is -0.702. The number of rotatable bonds is 4. The molecule has 0 aliphatic carbocycles. The van der Waals surface area contributed by atoms with E-state index in [0.29, 0.717) is 18.8 Å². The zero-order valence-electron chi connectivity index (χ0n) is 12.4. The highest BCUT2D eigenvalue weighted by molar-refractivity contribution is 5.99. The molecule has 2 amide bonds. The average molecular weight is 254 g/mol. The zero-order chi connectivity index (χ0) is 14.1. The summed E-state index contributed by atoms with van der Waals surface area (Å²) in [5.74, 6) is 0.375. The van der Waals surface area contributed by atoms with E-state index in [4.69, 9.17) is 0 Å². The van der Waals surface area contributed by atoms with Gasteiger partial charge >= 0.3 is 0 Å². The molecular weight excluding hydrogens is 228 g/mol. The molecule has 2 unspecified atom stereocenters. The van der Waals surface area contributed by atoms with E-state index < -0.39 is 5.54 Å². The Bertz CT molecular complexity index is 335. The van der Waals surface area contributed by atoms with E-state index in [2.05, 4.69) is 19.2 Å². The minimum absolute atomic E-state index is 0.0363. The number of hydrogen-bond donors (Lipinski definition) is 1. The van der Waals surface area contributed by atoms with Crippen molar-refractivity contribution in [2.45, 2.75) is 72.0 Å². The summed E-state index contributed by atoms with van der Waals surface area (Å²) in [5.41, 5.74) is -0.702. The van der Waals surface area contributed by atoms with Gasteiger partial charge in [-0.05, 0) is 32.6 Å². The molecule has 1 saturated heterocycles. The number of piperazine rings is 1. The molecule has 2 atom stereocenters. The molecule has 0 spiro atoms. The number of amides is 2. The average Bonchev–Trinajstić information content (AvgIpc) is 2.34. The summed E-state index contributed by atoms with van der Waals surface area (Å²) in [4.78, 5) is 26.6. The van der Waals surface area contributed by atoms with Crippen LogP contribution in [0, 0.1) is 5.92 Å². The first-order valence-electron chi connectivity index (χ1n) is 6.95. The fourth-order valence-electron chi connectivity index (χ4n) is 2.53. The summed E-state index contributed by atoms with van der Waals surface area (Å²) < 4.78 is 0. The molecule has 0 saturated carbocycles. The number of carbonyl (C=O) groups is 2. The Morgan fingerprint density at radius 1 is 1.22 bits per heavy atom. The third kappa shape index (κ3) is 2.25. The first kappa shape index (κ1) is 15.0. The first-order chi connectivity index (χ1) is 8.30. The van der Waals surface area contributed by atoms with Gasteiger partial charge in [0.2, 0.25) is 11.8 Å². The van der Waals surface area contributed by atoms with Crippen molar-refractivity contribution >= 4 is 11.8 Å². The van der Waals surface area contributed by atoms with Crippen molar-refractivity contribution in [2.75, 3.05) is 0 Å². The number of nitrogens with zero attached hydrogens (tertiary/aromatic N) is 1. The fraction of sp³-hybridized carbons (Fsp3) is 0.857. The van der Waals surface area contributed by atoms with Crippen LogP contribution < -0.4 is 5.32 Å². The maximum atomic E-state index is 12.7. The number of carbonyl (C=O) groups excluding carboxylic acids is 2. The minimum Gasteiger partial charge on any atom is -0.340 e. The lowest BCUT2D eigenvalue weighted by Crippen LogP contribution is -2.71. The van der Waals surface area contributed by atoms with Crippen molar-refractivity contribution < 1.29 is 9.59 Å². The van der Waals surface area contributed by atoms with Crippen LogP contribution >= 0.6 is 0 Å². The van der Waals surface area contributed by atoms with Crippen molar-refractivity contribution in [1.82, 2.24) is 10.2 Å². The highest BCUT2D eigenvalue weighted by Crippen LogP contribution is 2.28. The molecule has 1 aliphatic rings. The van der Waals surface area contributed by atoms with Gasteiger partial charge in [-0.25, -0.2) is 0 Å². The van der Waals surface area contributed by atoms with Gasteiger partial charge < -0.3 is 10.2 Å². The largest absolute Gasteiger partial charge is 0.340 e. The molecule has 0 aromatic rings. The fourth-order valence-corrected chi connectivity index (χ4v) is 2.53. The van der Waals surface area contributed by atoms with E-state index in [9.17, 15) is 9.59 Å². The molecule has 1 aliphatic heterocycles. The summed E-state index contributed by atoms with van der Waals surface area (Å²) in [6.07, 6.45) is 1.28. The SMILES string of the molecule is CCC1(CC)NC(=O)C(C)N(C(C)C(C)C)C1=O. The Labute approximate surface area is 110 Å². The van der Waals surface area contributed by atoms with E-state index in [1.807, 2.05) is 20.8 Å². The van der Waals surface area contributed by atoms with Gasteiger partial charge in [0.25, 0.3) is 0 Å². The van der Waals surface area contributed by atoms with Crippen LogP contribution in [0.25, 0.3) is 0 Å². The predicted octanol–water partition coefficient (Wildman–Crippen LogP) is 1.94. The van der Waals surface area contributed by atoms with Gasteiger partial charge in [-0.1, -0.05) is 27.7 Å². The molecule has 1 fully saturated rings. The third-order valence-corrected chi connectivity index (χ3v) is 4.41. The van der Waals surface area contributed by atoms with Crippen molar-refractivity contribution in [1.29, 1.82) is 0 Å². The first-order valence-corrected chi connectivity index (χ1v) is 6.95. The number of hydrogen-bond acceptors (Lipinski definition) is 2. The Morgan fingerprint density at radius 3 is 2.11 bits per heavy atom. The molecule has 0 radical (unpaired) electrons. The van der Waals surface area contributed by atoms with Crippen LogP contribution in [-0.4, -0.2) is 34.3 Å². The second kappa shape index (κ2) is 5.29. The standard InChI is InChI=1S/C14H26N2O2/c1-7-14(8-2)13(18)16(10(5)9(3)4)11(6)12(17)15-14/h9-11H,7-8H2,1-6H3,(H,15,17). The van der Waals surface area contributed by atoms with Crippen LogP contribution in [0.4, 0.5) is 0 Å². The van der Waals surface area contributed by atoms with Crippen LogP contribution in [0.3, 0.4) is 0 Å². The lowest BCUT2D eigenvalue weighted by Gasteiger charge is -2.47. The molecule has 1 rings (SSSR count). The zero-order valence-corrected chi connectivity index (χ0v) is 12.4. The Kier molecular flexibility index (Phi) is 4.41. The van der Waals surface area contributed by atoms with Crippen LogP contribution in [0.5, 0.6) is 0 Å². The van der Waals surface area contributed by atoms with E-state index in [0.717, 1.165) is 0 Å². The summed E-state index contributed by atoms with van der Waals surface area (Å²) in [5, 5.41) is 2.92. The molecule has 104 valence electrons. The summed E-state index contributed by atoms with van der Waals surface area (Å²) in [6.45, 7) is 11.9. The summed E-state index contributed by atoms with van der Waals surface area (Å²) >= 11 is 0. The molecule has 0 aromatic carbocycles. The molecule has 0 bridgehead atoms. The van der Waals surface area contributed by atoms with Crippen LogP contribution in [-0.2, 0) is 9.59 Å². The van der Waals surface area contributed by atoms with E-state index >= 15 is 0 Å². The van der Waals surface area contributed by atoms with Crippen molar-refractivity contribution in [3.63, 3.8) is 0 Å². The third-order valence-electron chi connectivity index (χ3n) is 4.41. The van der Waals surface area contributed by atoms with E-state index in [1.54, 1.807) is 11.8 Å². The smallest absolute Gasteiger partial charge is 0.249 e. The van der Waals surface area contributed by atoms with Gasteiger partial charge in [-0.2, -0.15) is 0 Å². The van der Waals surface area contributed by atoms with Gasteiger partial charge in [-0.3, -0.25) is 9.59 Å². The molecule has 4 heteroatoms. The highest BCUT2D eigenvalue weighted by Gasteiger charge is 2.48. The Balaban J connectivity index is 3.14. The van der Waals surface area contributed by atoms with Crippen LogP contribution in [0.15, 0.2) is 0 Å². The van der Waals surface area contributed by atoms with Crippen LogP contribution in [0.2, 0.25) is 0 Å². The lowest BCUT2D eigenvalue weighted by atomic mass is 9.85. The second-order valence-corrected chi connectivity index (χ2v) is 5.65. The maximum absolute atomic E-state index is 12.7. The molecule has 18 heavy (non-hydrogen) atoms.